The Bertz CT molecular complexity index is 328. The molecule has 1 aromatic rings. The van der Waals surface area contributed by atoms with Gasteiger partial charge in [0.2, 0.25) is 0 Å². The van der Waals surface area contributed by atoms with E-state index in [4.69, 9.17) is 4.74 Å². The van der Waals surface area contributed by atoms with Gasteiger partial charge >= 0.3 is 0 Å². The molecule has 0 aliphatic heterocycles. The van der Waals surface area contributed by atoms with Gasteiger partial charge in [0, 0.05) is 12.6 Å². The van der Waals surface area contributed by atoms with Gasteiger partial charge in [-0.15, -0.1) is 0 Å². The minimum atomic E-state index is -0.703. The van der Waals surface area contributed by atoms with Gasteiger partial charge in [-0.25, -0.2) is 8.78 Å². The van der Waals surface area contributed by atoms with E-state index in [1.807, 2.05) is 0 Å². The van der Waals surface area contributed by atoms with E-state index in [0.717, 1.165) is 6.42 Å². The van der Waals surface area contributed by atoms with E-state index in [2.05, 4.69) is 5.32 Å². The van der Waals surface area contributed by atoms with Gasteiger partial charge in [0.15, 0.2) is 0 Å². The van der Waals surface area contributed by atoms with Crippen LogP contribution in [0.4, 0.5) is 8.78 Å². The third-order valence-electron chi connectivity index (χ3n) is 2.78. The standard InChI is InChI=1S/C12H15F2NO/c13-9-1-3-10(4-2-9)16-8-7-15-12-6-5-11(12)14/h1-4,11-12,15H,5-8H2. The highest BCUT2D eigenvalue weighted by Gasteiger charge is 2.29. The summed E-state index contributed by atoms with van der Waals surface area (Å²) in [5, 5.41) is 3.08. The normalized spacial score (nSPS) is 23.9. The lowest BCUT2D eigenvalue weighted by molar-refractivity contribution is 0.137. The SMILES string of the molecule is Fc1ccc(OCCNC2CCC2F)cc1. The molecule has 1 fully saturated rings. The van der Waals surface area contributed by atoms with Gasteiger partial charge in [0.1, 0.15) is 24.3 Å². The zero-order chi connectivity index (χ0) is 11.4. The lowest BCUT2D eigenvalue weighted by atomic mass is 9.91. The number of halogens is 2. The number of alkyl halides is 1. The van der Waals surface area contributed by atoms with E-state index in [1.165, 1.54) is 12.1 Å². The van der Waals surface area contributed by atoms with E-state index in [0.29, 0.717) is 25.3 Å². The predicted molar refractivity (Wildman–Crippen MR) is 57.8 cm³/mol. The Hall–Kier alpha value is -1.16. The summed E-state index contributed by atoms with van der Waals surface area (Å²) >= 11 is 0. The first-order valence-corrected chi connectivity index (χ1v) is 5.51. The molecule has 1 aromatic carbocycles. The summed E-state index contributed by atoms with van der Waals surface area (Å²) in [7, 11) is 0. The van der Waals surface area contributed by atoms with E-state index in [1.54, 1.807) is 12.1 Å². The van der Waals surface area contributed by atoms with Gasteiger partial charge in [0.25, 0.3) is 0 Å². The van der Waals surface area contributed by atoms with Crippen molar-refractivity contribution in [2.75, 3.05) is 13.2 Å². The number of benzene rings is 1. The minimum absolute atomic E-state index is 0.00295. The van der Waals surface area contributed by atoms with Crippen molar-refractivity contribution in [2.24, 2.45) is 0 Å². The molecule has 16 heavy (non-hydrogen) atoms. The fraction of sp³-hybridized carbons (Fsp3) is 0.500. The Morgan fingerprint density at radius 1 is 1.25 bits per heavy atom. The number of hydrogen-bond acceptors (Lipinski definition) is 2. The van der Waals surface area contributed by atoms with Crippen molar-refractivity contribution in [1.82, 2.24) is 5.32 Å². The lowest BCUT2D eigenvalue weighted by Crippen LogP contribution is -2.46. The fourth-order valence-corrected chi connectivity index (χ4v) is 1.63. The highest BCUT2D eigenvalue weighted by Crippen LogP contribution is 2.22. The molecule has 0 saturated heterocycles. The van der Waals surface area contributed by atoms with Crippen molar-refractivity contribution in [3.05, 3.63) is 30.1 Å². The average molecular weight is 227 g/mol. The van der Waals surface area contributed by atoms with E-state index in [-0.39, 0.29) is 11.9 Å². The van der Waals surface area contributed by atoms with Gasteiger partial charge in [-0.2, -0.15) is 0 Å². The molecule has 0 aromatic heterocycles. The quantitative estimate of drug-likeness (QED) is 0.779. The smallest absolute Gasteiger partial charge is 0.123 e. The van der Waals surface area contributed by atoms with Crippen molar-refractivity contribution in [2.45, 2.75) is 25.1 Å². The molecule has 2 unspecified atom stereocenters. The second-order valence-corrected chi connectivity index (χ2v) is 3.96. The van der Waals surface area contributed by atoms with Crippen LogP contribution in [-0.4, -0.2) is 25.4 Å². The molecule has 0 radical (unpaired) electrons. The molecule has 0 amide bonds. The summed E-state index contributed by atoms with van der Waals surface area (Å²) in [6.07, 6.45) is 0.861. The Morgan fingerprint density at radius 3 is 2.56 bits per heavy atom. The molecule has 1 N–H and O–H groups in total. The molecule has 0 bridgehead atoms. The van der Waals surface area contributed by atoms with E-state index < -0.39 is 6.17 Å². The molecular formula is C12H15F2NO. The average Bonchev–Trinajstić information content (AvgIpc) is 2.29. The first-order chi connectivity index (χ1) is 7.75. The number of hydrogen-bond donors (Lipinski definition) is 1. The first kappa shape index (κ1) is 11.3. The van der Waals surface area contributed by atoms with Crippen LogP contribution in [0.1, 0.15) is 12.8 Å². The largest absolute Gasteiger partial charge is 0.492 e. The highest BCUT2D eigenvalue weighted by molar-refractivity contribution is 5.21. The van der Waals surface area contributed by atoms with Crippen LogP contribution in [0.3, 0.4) is 0 Å². The topological polar surface area (TPSA) is 21.3 Å². The van der Waals surface area contributed by atoms with Crippen molar-refractivity contribution in [3.8, 4) is 5.75 Å². The molecular weight excluding hydrogens is 212 g/mol. The minimum Gasteiger partial charge on any atom is -0.492 e. The Morgan fingerprint density at radius 2 is 2.00 bits per heavy atom. The van der Waals surface area contributed by atoms with Crippen molar-refractivity contribution >= 4 is 0 Å². The highest BCUT2D eigenvalue weighted by atomic mass is 19.1. The van der Waals surface area contributed by atoms with Crippen molar-refractivity contribution < 1.29 is 13.5 Å². The summed E-state index contributed by atoms with van der Waals surface area (Å²) in [5.74, 6) is 0.355. The number of ether oxygens (including phenoxy) is 1. The van der Waals surface area contributed by atoms with Crippen LogP contribution in [0.5, 0.6) is 5.75 Å². The molecule has 1 saturated carbocycles. The fourth-order valence-electron chi connectivity index (χ4n) is 1.63. The summed E-state index contributed by atoms with van der Waals surface area (Å²) in [4.78, 5) is 0. The zero-order valence-electron chi connectivity index (χ0n) is 8.96. The Balaban J connectivity index is 1.62. The molecule has 2 nitrogen and oxygen atoms in total. The van der Waals surface area contributed by atoms with Crippen LogP contribution in [0, 0.1) is 5.82 Å². The van der Waals surface area contributed by atoms with E-state index >= 15 is 0 Å². The van der Waals surface area contributed by atoms with Crippen molar-refractivity contribution in [3.63, 3.8) is 0 Å². The van der Waals surface area contributed by atoms with Gasteiger partial charge in [-0.05, 0) is 37.1 Å². The summed E-state index contributed by atoms with van der Waals surface area (Å²) in [5.41, 5.74) is 0. The summed E-state index contributed by atoms with van der Waals surface area (Å²) in [6, 6.07) is 5.86. The second-order valence-electron chi connectivity index (χ2n) is 3.96. The molecule has 1 aliphatic carbocycles. The van der Waals surface area contributed by atoms with Crippen LogP contribution >= 0.6 is 0 Å². The summed E-state index contributed by atoms with van der Waals surface area (Å²) in [6.45, 7) is 1.08. The summed E-state index contributed by atoms with van der Waals surface area (Å²) < 4.78 is 30.8. The zero-order valence-corrected chi connectivity index (χ0v) is 8.96. The monoisotopic (exact) mass is 227 g/mol. The van der Waals surface area contributed by atoms with E-state index in [9.17, 15) is 8.78 Å². The van der Waals surface area contributed by atoms with Crippen LogP contribution in [0.2, 0.25) is 0 Å². The maximum absolute atomic E-state index is 12.8. The van der Waals surface area contributed by atoms with Crippen LogP contribution in [0.25, 0.3) is 0 Å². The lowest BCUT2D eigenvalue weighted by Gasteiger charge is -2.31. The Kier molecular flexibility index (Phi) is 3.72. The molecule has 4 heteroatoms. The molecule has 0 heterocycles. The van der Waals surface area contributed by atoms with Gasteiger partial charge in [0.05, 0.1) is 0 Å². The maximum atomic E-state index is 12.8. The van der Waals surface area contributed by atoms with Gasteiger partial charge in [-0.3, -0.25) is 0 Å². The molecule has 1 aliphatic rings. The molecule has 88 valence electrons. The molecule has 0 spiro atoms. The third-order valence-corrected chi connectivity index (χ3v) is 2.78. The first-order valence-electron chi connectivity index (χ1n) is 5.51. The Labute approximate surface area is 93.6 Å². The maximum Gasteiger partial charge on any atom is 0.123 e. The second kappa shape index (κ2) is 5.25. The van der Waals surface area contributed by atoms with Crippen LogP contribution in [-0.2, 0) is 0 Å². The predicted octanol–water partition coefficient (Wildman–Crippen LogP) is 2.29. The molecule has 2 atom stereocenters. The third kappa shape index (κ3) is 2.92. The molecule has 2 rings (SSSR count). The van der Waals surface area contributed by atoms with Crippen molar-refractivity contribution in [1.29, 1.82) is 0 Å². The van der Waals surface area contributed by atoms with Crippen LogP contribution < -0.4 is 10.1 Å². The van der Waals surface area contributed by atoms with Crippen LogP contribution in [0.15, 0.2) is 24.3 Å². The number of rotatable bonds is 5. The van der Waals surface area contributed by atoms with Gasteiger partial charge in [-0.1, -0.05) is 0 Å². The number of nitrogens with one attached hydrogen (secondary N) is 1. The van der Waals surface area contributed by atoms with Gasteiger partial charge < -0.3 is 10.1 Å².